The Kier molecular flexibility index (Phi) is 4.77. The van der Waals surface area contributed by atoms with E-state index in [4.69, 9.17) is 11.6 Å². The molecule has 2 aliphatic rings. The van der Waals surface area contributed by atoms with Crippen LogP contribution in [0.2, 0.25) is 5.02 Å². The first-order chi connectivity index (χ1) is 10.2. The molecule has 3 nitrogen and oxygen atoms in total. The summed E-state index contributed by atoms with van der Waals surface area (Å²) in [7, 11) is 0. The summed E-state index contributed by atoms with van der Waals surface area (Å²) in [5.74, 6) is 2.34. The Hall–Kier alpha value is -0.710. The van der Waals surface area contributed by atoms with Gasteiger partial charge in [0.05, 0.1) is 0 Å². The Bertz CT molecular complexity index is 513. The highest BCUT2D eigenvalue weighted by Crippen LogP contribution is 2.48. The van der Waals surface area contributed by atoms with Crippen LogP contribution in [0.15, 0.2) is 24.3 Å². The Morgan fingerprint density at radius 2 is 2.33 bits per heavy atom. The van der Waals surface area contributed by atoms with Crippen LogP contribution < -0.4 is 10.6 Å². The second-order valence-corrected chi connectivity index (χ2v) is 7.58. The fraction of sp³-hybridized carbons (Fsp3) is 0.562. The van der Waals surface area contributed by atoms with Gasteiger partial charge in [0, 0.05) is 47.5 Å². The number of thioether (sulfide) groups is 1. The minimum atomic E-state index is 0.120. The van der Waals surface area contributed by atoms with Crippen molar-refractivity contribution in [2.45, 2.75) is 30.7 Å². The normalized spacial score (nSPS) is 23.6. The van der Waals surface area contributed by atoms with E-state index in [-0.39, 0.29) is 11.3 Å². The molecule has 0 radical (unpaired) electrons. The van der Waals surface area contributed by atoms with Gasteiger partial charge in [-0.1, -0.05) is 23.7 Å². The van der Waals surface area contributed by atoms with Gasteiger partial charge in [0.15, 0.2) is 0 Å². The van der Waals surface area contributed by atoms with E-state index in [2.05, 4.69) is 16.7 Å². The van der Waals surface area contributed by atoms with Gasteiger partial charge >= 0.3 is 0 Å². The van der Waals surface area contributed by atoms with Crippen LogP contribution in [0, 0.1) is 0 Å². The highest BCUT2D eigenvalue weighted by Gasteiger charge is 2.44. The van der Waals surface area contributed by atoms with E-state index >= 15 is 0 Å². The van der Waals surface area contributed by atoms with Crippen LogP contribution in [0.3, 0.4) is 0 Å². The molecular formula is C16H21ClN2OS. The predicted octanol–water partition coefficient (Wildman–Crippen LogP) is 2.58. The monoisotopic (exact) mass is 324 g/mol. The molecule has 1 heterocycles. The third-order valence-corrected chi connectivity index (χ3v) is 5.71. The molecule has 1 amide bonds. The smallest absolute Gasteiger partial charge is 0.221 e. The second-order valence-electron chi connectivity index (χ2n) is 6.00. The average molecular weight is 325 g/mol. The molecule has 1 aliphatic carbocycles. The summed E-state index contributed by atoms with van der Waals surface area (Å²) >= 11 is 7.99. The fourth-order valence-electron chi connectivity index (χ4n) is 2.85. The van der Waals surface area contributed by atoms with Crippen molar-refractivity contribution in [3.05, 3.63) is 34.9 Å². The van der Waals surface area contributed by atoms with Crippen LogP contribution in [-0.4, -0.2) is 36.5 Å². The molecule has 1 saturated heterocycles. The van der Waals surface area contributed by atoms with Crippen molar-refractivity contribution in [3.8, 4) is 0 Å². The maximum Gasteiger partial charge on any atom is 0.221 e. The zero-order valence-corrected chi connectivity index (χ0v) is 13.6. The highest BCUT2D eigenvalue weighted by molar-refractivity contribution is 7.99. The summed E-state index contributed by atoms with van der Waals surface area (Å²) in [6.07, 6.45) is 2.84. The molecule has 5 heteroatoms. The van der Waals surface area contributed by atoms with Crippen molar-refractivity contribution < 1.29 is 4.79 Å². The van der Waals surface area contributed by atoms with Crippen LogP contribution in [0.25, 0.3) is 0 Å². The van der Waals surface area contributed by atoms with Crippen molar-refractivity contribution in [2.75, 3.05) is 24.6 Å². The van der Waals surface area contributed by atoms with Crippen LogP contribution in [0.4, 0.5) is 0 Å². The van der Waals surface area contributed by atoms with Gasteiger partial charge < -0.3 is 10.6 Å². The molecule has 1 unspecified atom stereocenters. The lowest BCUT2D eigenvalue weighted by atomic mass is 9.96. The van der Waals surface area contributed by atoms with E-state index in [1.807, 2.05) is 30.0 Å². The quantitative estimate of drug-likeness (QED) is 0.874. The first-order valence-corrected chi connectivity index (χ1v) is 9.05. The lowest BCUT2D eigenvalue weighted by Gasteiger charge is -2.23. The maximum absolute atomic E-state index is 12.1. The zero-order valence-electron chi connectivity index (χ0n) is 12.0. The number of halogens is 1. The van der Waals surface area contributed by atoms with E-state index in [9.17, 15) is 4.79 Å². The third-order valence-electron chi connectivity index (χ3n) is 4.34. The number of carbonyl (C=O) groups is 1. The summed E-state index contributed by atoms with van der Waals surface area (Å²) in [5.41, 5.74) is 1.37. The van der Waals surface area contributed by atoms with E-state index in [0.717, 1.165) is 42.5 Å². The molecule has 2 fully saturated rings. The van der Waals surface area contributed by atoms with Crippen molar-refractivity contribution in [1.29, 1.82) is 0 Å². The highest BCUT2D eigenvalue weighted by atomic mass is 35.5. The minimum Gasteiger partial charge on any atom is -0.355 e. The number of amides is 1. The molecule has 0 aromatic heterocycles. The summed E-state index contributed by atoms with van der Waals surface area (Å²) in [5, 5.41) is 7.29. The van der Waals surface area contributed by atoms with Crippen LogP contribution in [0.1, 0.15) is 24.8 Å². The number of hydrogen-bond donors (Lipinski definition) is 2. The molecule has 1 atom stereocenters. The van der Waals surface area contributed by atoms with Gasteiger partial charge in [-0.25, -0.2) is 0 Å². The molecule has 114 valence electrons. The lowest BCUT2D eigenvalue weighted by molar-refractivity contribution is -0.121. The van der Waals surface area contributed by atoms with Crippen LogP contribution in [0.5, 0.6) is 0 Å². The predicted molar refractivity (Wildman–Crippen MR) is 89.1 cm³/mol. The van der Waals surface area contributed by atoms with E-state index in [1.54, 1.807) is 0 Å². The number of carbonyl (C=O) groups excluding carboxylic acids is 1. The average Bonchev–Trinajstić information content (AvgIpc) is 3.28. The number of nitrogens with one attached hydrogen (secondary N) is 2. The van der Waals surface area contributed by atoms with Gasteiger partial charge in [0.1, 0.15) is 0 Å². The maximum atomic E-state index is 12.1. The van der Waals surface area contributed by atoms with Crippen LogP contribution >= 0.6 is 23.4 Å². The van der Waals surface area contributed by atoms with Gasteiger partial charge in [-0.3, -0.25) is 4.79 Å². The molecule has 3 rings (SSSR count). The second kappa shape index (κ2) is 6.59. The largest absolute Gasteiger partial charge is 0.355 e. The number of rotatable bonds is 5. The number of benzene rings is 1. The Morgan fingerprint density at radius 3 is 3.00 bits per heavy atom. The van der Waals surface area contributed by atoms with E-state index < -0.39 is 0 Å². The molecule has 1 aliphatic heterocycles. The molecule has 1 saturated carbocycles. The van der Waals surface area contributed by atoms with Crippen molar-refractivity contribution in [3.63, 3.8) is 0 Å². The van der Waals surface area contributed by atoms with Crippen LogP contribution in [-0.2, 0) is 10.2 Å². The summed E-state index contributed by atoms with van der Waals surface area (Å²) < 4.78 is 0. The standard InChI is InChI=1S/C16H21ClN2OS/c17-13-3-1-2-12(8-13)16(4-5-16)11-19-15(20)9-14-10-21-7-6-18-14/h1-3,8,14,18H,4-7,9-11H2,(H,19,20). The van der Waals surface area contributed by atoms with Crippen molar-refractivity contribution >= 4 is 29.3 Å². The summed E-state index contributed by atoms with van der Waals surface area (Å²) in [4.78, 5) is 12.1. The molecule has 21 heavy (non-hydrogen) atoms. The molecule has 1 aromatic carbocycles. The lowest BCUT2D eigenvalue weighted by Crippen LogP contribution is -2.42. The zero-order chi connectivity index (χ0) is 14.7. The summed E-state index contributed by atoms with van der Waals surface area (Å²) in [6, 6.07) is 8.35. The Labute approximate surface area is 135 Å². The van der Waals surface area contributed by atoms with Gasteiger partial charge in [0.2, 0.25) is 5.91 Å². The topological polar surface area (TPSA) is 41.1 Å². The SMILES string of the molecule is O=C(CC1CSCCN1)NCC1(c2cccc(Cl)c2)CC1. The first kappa shape index (κ1) is 15.2. The molecular weight excluding hydrogens is 304 g/mol. The van der Waals surface area contributed by atoms with E-state index in [0.29, 0.717) is 12.5 Å². The molecule has 2 N–H and O–H groups in total. The Morgan fingerprint density at radius 1 is 1.48 bits per heavy atom. The molecule has 1 aromatic rings. The minimum absolute atomic E-state index is 0.120. The van der Waals surface area contributed by atoms with Gasteiger partial charge in [-0.2, -0.15) is 11.8 Å². The Balaban J connectivity index is 1.51. The third kappa shape index (κ3) is 3.93. The molecule has 0 bridgehead atoms. The van der Waals surface area contributed by atoms with E-state index in [1.165, 1.54) is 5.56 Å². The summed E-state index contributed by atoms with van der Waals surface area (Å²) in [6.45, 7) is 1.74. The van der Waals surface area contributed by atoms with Crippen molar-refractivity contribution in [2.24, 2.45) is 0 Å². The fourth-order valence-corrected chi connectivity index (χ4v) is 3.99. The van der Waals surface area contributed by atoms with Crippen molar-refractivity contribution in [1.82, 2.24) is 10.6 Å². The van der Waals surface area contributed by atoms with Gasteiger partial charge in [-0.15, -0.1) is 0 Å². The first-order valence-electron chi connectivity index (χ1n) is 7.52. The van der Waals surface area contributed by atoms with Gasteiger partial charge in [-0.05, 0) is 30.5 Å². The van der Waals surface area contributed by atoms with Gasteiger partial charge in [0.25, 0.3) is 0 Å². The number of hydrogen-bond acceptors (Lipinski definition) is 3. The molecule has 0 spiro atoms.